The van der Waals surface area contributed by atoms with Gasteiger partial charge in [-0.1, -0.05) is 45.0 Å². The Balaban J connectivity index is 2.22. The largest absolute Gasteiger partial charge is 0.380 e. The van der Waals surface area contributed by atoms with Crippen molar-refractivity contribution in [2.24, 2.45) is 0 Å². The van der Waals surface area contributed by atoms with E-state index in [2.05, 4.69) is 50.4 Å². The summed E-state index contributed by atoms with van der Waals surface area (Å²) >= 11 is 0. The predicted octanol–water partition coefficient (Wildman–Crippen LogP) is 3.37. The van der Waals surface area contributed by atoms with Gasteiger partial charge in [0.15, 0.2) is 0 Å². The quantitative estimate of drug-likeness (QED) is 0.678. The summed E-state index contributed by atoms with van der Waals surface area (Å²) in [6.45, 7) is 10.2. The van der Waals surface area contributed by atoms with Crippen molar-refractivity contribution < 1.29 is 4.74 Å². The van der Waals surface area contributed by atoms with Gasteiger partial charge in [-0.2, -0.15) is 0 Å². The van der Waals surface area contributed by atoms with Crippen LogP contribution in [0.2, 0.25) is 0 Å². The Morgan fingerprint density at radius 3 is 2.44 bits per heavy atom. The molecule has 1 aromatic carbocycles. The molecule has 18 heavy (non-hydrogen) atoms. The number of likely N-dealkylation sites (N-methyl/N-ethyl adjacent to an activating group) is 1. The third-order valence-corrected chi connectivity index (χ3v) is 3.37. The minimum absolute atomic E-state index is 0.662. The highest BCUT2D eigenvalue weighted by atomic mass is 16.5. The van der Waals surface area contributed by atoms with E-state index in [1.807, 2.05) is 0 Å². The predicted molar refractivity (Wildman–Crippen MR) is 78.2 cm³/mol. The van der Waals surface area contributed by atoms with Crippen molar-refractivity contribution in [1.82, 2.24) is 5.32 Å². The van der Waals surface area contributed by atoms with Crippen LogP contribution in [0.1, 0.15) is 44.2 Å². The second-order valence-corrected chi connectivity index (χ2v) is 4.77. The highest BCUT2D eigenvalue weighted by Crippen LogP contribution is 2.18. The number of ether oxygens (including phenoxy) is 1. The molecule has 0 aliphatic carbocycles. The molecule has 0 bridgehead atoms. The number of hydrogen-bond acceptors (Lipinski definition) is 2. The maximum Gasteiger partial charge on any atom is 0.0591 e. The van der Waals surface area contributed by atoms with Crippen molar-refractivity contribution in [1.29, 1.82) is 0 Å². The summed E-state index contributed by atoms with van der Waals surface area (Å²) in [4.78, 5) is 0. The highest BCUT2D eigenvalue weighted by Gasteiger charge is 2.02. The van der Waals surface area contributed by atoms with Crippen molar-refractivity contribution in [3.05, 3.63) is 35.4 Å². The Bertz CT molecular complexity index is 307. The Hall–Kier alpha value is -0.860. The van der Waals surface area contributed by atoms with Crippen LogP contribution < -0.4 is 5.32 Å². The lowest BCUT2D eigenvalue weighted by atomic mass is 9.97. The van der Waals surface area contributed by atoms with Crippen LogP contribution in [0.25, 0.3) is 0 Å². The molecule has 1 unspecified atom stereocenters. The van der Waals surface area contributed by atoms with Crippen molar-refractivity contribution in [3.63, 3.8) is 0 Å². The third kappa shape index (κ3) is 5.65. The Labute approximate surface area is 112 Å². The van der Waals surface area contributed by atoms with Crippen LogP contribution in [0.15, 0.2) is 24.3 Å². The van der Waals surface area contributed by atoms with Gasteiger partial charge in [0.25, 0.3) is 0 Å². The van der Waals surface area contributed by atoms with Gasteiger partial charge in [0, 0.05) is 6.54 Å². The SMILES string of the molecule is CCNCCOCCc1ccc(C(C)CC)cc1. The first-order chi connectivity index (χ1) is 8.77. The molecule has 0 aliphatic heterocycles. The van der Waals surface area contributed by atoms with E-state index in [0.717, 1.165) is 32.7 Å². The molecule has 0 saturated carbocycles. The van der Waals surface area contributed by atoms with Gasteiger partial charge in [-0.25, -0.2) is 0 Å². The van der Waals surface area contributed by atoms with Crippen LogP contribution in [-0.4, -0.2) is 26.3 Å². The molecule has 0 radical (unpaired) electrons. The Kier molecular flexibility index (Phi) is 7.70. The lowest BCUT2D eigenvalue weighted by molar-refractivity contribution is 0.139. The molecule has 1 N–H and O–H groups in total. The fraction of sp³-hybridized carbons (Fsp3) is 0.625. The van der Waals surface area contributed by atoms with E-state index in [-0.39, 0.29) is 0 Å². The van der Waals surface area contributed by atoms with Crippen LogP contribution in [0.4, 0.5) is 0 Å². The van der Waals surface area contributed by atoms with Gasteiger partial charge in [0.05, 0.1) is 13.2 Å². The van der Waals surface area contributed by atoms with Crippen LogP contribution in [0.3, 0.4) is 0 Å². The first kappa shape index (κ1) is 15.2. The van der Waals surface area contributed by atoms with Crippen molar-refractivity contribution >= 4 is 0 Å². The van der Waals surface area contributed by atoms with Crippen molar-refractivity contribution in [2.75, 3.05) is 26.3 Å². The molecule has 0 amide bonds. The number of benzene rings is 1. The van der Waals surface area contributed by atoms with E-state index < -0.39 is 0 Å². The second kappa shape index (κ2) is 9.12. The zero-order valence-electron chi connectivity index (χ0n) is 12.0. The summed E-state index contributed by atoms with van der Waals surface area (Å²) in [6, 6.07) is 8.97. The maximum absolute atomic E-state index is 5.58. The molecule has 0 spiro atoms. The van der Waals surface area contributed by atoms with Crippen LogP contribution in [-0.2, 0) is 11.2 Å². The zero-order valence-corrected chi connectivity index (χ0v) is 12.0. The van der Waals surface area contributed by atoms with Crippen LogP contribution in [0.5, 0.6) is 0 Å². The van der Waals surface area contributed by atoms with Crippen molar-refractivity contribution in [2.45, 2.75) is 39.5 Å². The molecular weight excluding hydrogens is 222 g/mol. The molecular formula is C16H27NO. The Morgan fingerprint density at radius 2 is 1.83 bits per heavy atom. The van der Waals surface area contributed by atoms with Crippen LogP contribution in [0, 0.1) is 0 Å². The summed E-state index contributed by atoms with van der Waals surface area (Å²) in [5.41, 5.74) is 2.81. The minimum atomic E-state index is 0.662. The van der Waals surface area contributed by atoms with Gasteiger partial charge in [0.1, 0.15) is 0 Å². The molecule has 102 valence electrons. The molecule has 1 atom stereocenters. The number of rotatable bonds is 9. The molecule has 2 heteroatoms. The molecule has 0 aromatic heterocycles. The smallest absolute Gasteiger partial charge is 0.0591 e. The lowest BCUT2D eigenvalue weighted by Crippen LogP contribution is -2.19. The van der Waals surface area contributed by atoms with Gasteiger partial charge in [-0.3, -0.25) is 0 Å². The second-order valence-electron chi connectivity index (χ2n) is 4.77. The summed E-state index contributed by atoms with van der Waals surface area (Å²) < 4.78 is 5.58. The van der Waals surface area contributed by atoms with E-state index >= 15 is 0 Å². The van der Waals surface area contributed by atoms with Gasteiger partial charge < -0.3 is 10.1 Å². The molecule has 0 aliphatic rings. The van der Waals surface area contributed by atoms with Crippen molar-refractivity contribution in [3.8, 4) is 0 Å². The molecule has 1 aromatic rings. The Morgan fingerprint density at radius 1 is 1.11 bits per heavy atom. The average Bonchev–Trinajstić information content (AvgIpc) is 2.42. The van der Waals surface area contributed by atoms with E-state index in [1.54, 1.807) is 0 Å². The monoisotopic (exact) mass is 249 g/mol. The molecule has 0 saturated heterocycles. The molecule has 0 heterocycles. The summed E-state index contributed by atoms with van der Waals surface area (Å²) in [5.74, 6) is 0.662. The van der Waals surface area contributed by atoms with Gasteiger partial charge in [0.2, 0.25) is 0 Å². The zero-order chi connectivity index (χ0) is 13.2. The van der Waals surface area contributed by atoms with Crippen LogP contribution >= 0.6 is 0 Å². The fourth-order valence-electron chi connectivity index (χ4n) is 1.86. The van der Waals surface area contributed by atoms with E-state index in [0.29, 0.717) is 5.92 Å². The average molecular weight is 249 g/mol. The maximum atomic E-state index is 5.58. The van der Waals surface area contributed by atoms with Gasteiger partial charge >= 0.3 is 0 Å². The normalized spacial score (nSPS) is 12.6. The molecule has 0 fully saturated rings. The standard InChI is InChI=1S/C16H27NO/c1-4-14(3)16-8-6-15(7-9-16)10-12-18-13-11-17-5-2/h6-9,14,17H,4-5,10-13H2,1-3H3. The third-order valence-electron chi connectivity index (χ3n) is 3.37. The number of hydrogen-bond donors (Lipinski definition) is 1. The summed E-state index contributed by atoms with van der Waals surface area (Å²) in [5, 5.41) is 3.25. The number of nitrogens with one attached hydrogen (secondary N) is 1. The highest BCUT2D eigenvalue weighted by molar-refractivity contribution is 5.25. The summed E-state index contributed by atoms with van der Waals surface area (Å²) in [7, 11) is 0. The fourth-order valence-corrected chi connectivity index (χ4v) is 1.86. The van der Waals surface area contributed by atoms with Gasteiger partial charge in [-0.15, -0.1) is 0 Å². The first-order valence-electron chi connectivity index (χ1n) is 7.15. The first-order valence-corrected chi connectivity index (χ1v) is 7.15. The van der Waals surface area contributed by atoms with Gasteiger partial charge in [-0.05, 0) is 36.4 Å². The molecule has 1 rings (SSSR count). The molecule has 2 nitrogen and oxygen atoms in total. The minimum Gasteiger partial charge on any atom is -0.380 e. The topological polar surface area (TPSA) is 21.3 Å². The lowest BCUT2D eigenvalue weighted by Gasteiger charge is -2.10. The van der Waals surface area contributed by atoms with E-state index in [1.165, 1.54) is 17.5 Å². The van der Waals surface area contributed by atoms with E-state index in [4.69, 9.17) is 4.74 Å². The van der Waals surface area contributed by atoms with E-state index in [9.17, 15) is 0 Å². The summed E-state index contributed by atoms with van der Waals surface area (Å²) in [6.07, 6.45) is 2.21.